The zero-order chi connectivity index (χ0) is 15.2. The first-order valence-electron chi connectivity index (χ1n) is 7.07. The fraction of sp³-hybridized carbons (Fsp3) is 0.312. The number of phenols is 1. The van der Waals surface area contributed by atoms with E-state index in [9.17, 15) is 5.11 Å². The van der Waals surface area contributed by atoms with E-state index in [2.05, 4.69) is 29.0 Å². The van der Waals surface area contributed by atoms with Crippen LogP contribution >= 0.6 is 11.6 Å². The SMILES string of the molecule is CCN(CC)c1ccc(NCc2cccc(Cl)c2O)cn1. The van der Waals surface area contributed by atoms with Crippen molar-refractivity contribution in [2.24, 2.45) is 0 Å². The Morgan fingerprint density at radius 2 is 1.95 bits per heavy atom. The van der Waals surface area contributed by atoms with Gasteiger partial charge in [0.2, 0.25) is 0 Å². The molecule has 5 heteroatoms. The maximum Gasteiger partial charge on any atom is 0.139 e. The first-order valence-corrected chi connectivity index (χ1v) is 7.44. The van der Waals surface area contributed by atoms with Crippen molar-refractivity contribution in [3.63, 3.8) is 0 Å². The molecule has 21 heavy (non-hydrogen) atoms. The number of phenolic OH excluding ortho intramolecular Hbond substituents is 1. The lowest BCUT2D eigenvalue weighted by molar-refractivity contribution is 0.469. The van der Waals surface area contributed by atoms with Gasteiger partial charge in [-0.3, -0.25) is 0 Å². The molecule has 0 aliphatic carbocycles. The molecule has 0 aliphatic rings. The van der Waals surface area contributed by atoms with Gasteiger partial charge >= 0.3 is 0 Å². The van der Waals surface area contributed by atoms with Crippen LogP contribution in [0.25, 0.3) is 0 Å². The third-order valence-electron chi connectivity index (χ3n) is 3.39. The molecule has 0 saturated carbocycles. The number of rotatable bonds is 6. The standard InChI is InChI=1S/C16H20ClN3O/c1-3-20(4-2)15-9-8-13(11-19-15)18-10-12-6-5-7-14(17)16(12)21/h5-9,11,18,21H,3-4,10H2,1-2H3. The van der Waals surface area contributed by atoms with Crippen molar-refractivity contribution in [1.82, 2.24) is 4.98 Å². The Balaban J connectivity index is 2.02. The van der Waals surface area contributed by atoms with E-state index in [4.69, 9.17) is 11.6 Å². The Morgan fingerprint density at radius 1 is 1.19 bits per heavy atom. The minimum absolute atomic E-state index is 0.124. The molecular formula is C16H20ClN3O. The van der Waals surface area contributed by atoms with E-state index in [0.717, 1.165) is 30.2 Å². The molecule has 0 radical (unpaired) electrons. The third kappa shape index (κ3) is 3.79. The second-order valence-corrected chi connectivity index (χ2v) is 5.09. The van der Waals surface area contributed by atoms with E-state index in [0.29, 0.717) is 11.6 Å². The number of aromatic hydroxyl groups is 1. The van der Waals surface area contributed by atoms with Gasteiger partial charge in [0.15, 0.2) is 0 Å². The van der Waals surface area contributed by atoms with Gasteiger partial charge in [-0.2, -0.15) is 0 Å². The molecule has 1 aromatic heterocycles. The van der Waals surface area contributed by atoms with Crippen LogP contribution in [0.5, 0.6) is 5.75 Å². The smallest absolute Gasteiger partial charge is 0.139 e. The van der Waals surface area contributed by atoms with Crippen molar-refractivity contribution in [3.05, 3.63) is 47.1 Å². The van der Waals surface area contributed by atoms with Crippen molar-refractivity contribution in [3.8, 4) is 5.75 Å². The number of nitrogens with zero attached hydrogens (tertiary/aromatic N) is 2. The normalized spacial score (nSPS) is 10.4. The number of nitrogens with one attached hydrogen (secondary N) is 1. The average molecular weight is 306 g/mol. The quantitative estimate of drug-likeness (QED) is 0.850. The first-order chi connectivity index (χ1) is 10.2. The van der Waals surface area contributed by atoms with E-state index in [1.807, 2.05) is 24.3 Å². The lowest BCUT2D eigenvalue weighted by atomic mass is 10.2. The van der Waals surface area contributed by atoms with Gasteiger partial charge in [0.25, 0.3) is 0 Å². The fourth-order valence-corrected chi connectivity index (χ4v) is 2.32. The van der Waals surface area contributed by atoms with Crippen LogP contribution in [-0.2, 0) is 6.54 Å². The maximum absolute atomic E-state index is 9.86. The highest BCUT2D eigenvalue weighted by Crippen LogP contribution is 2.27. The monoisotopic (exact) mass is 305 g/mol. The molecule has 0 spiro atoms. The molecule has 1 heterocycles. The number of benzene rings is 1. The maximum atomic E-state index is 9.86. The summed E-state index contributed by atoms with van der Waals surface area (Å²) >= 11 is 5.89. The van der Waals surface area contributed by atoms with E-state index in [1.54, 1.807) is 12.3 Å². The highest BCUT2D eigenvalue weighted by Gasteiger charge is 2.06. The number of hydrogen-bond donors (Lipinski definition) is 2. The zero-order valence-corrected chi connectivity index (χ0v) is 13.1. The molecule has 0 aliphatic heterocycles. The Bertz CT molecular complexity index is 583. The van der Waals surface area contributed by atoms with Crippen LogP contribution in [-0.4, -0.2) is 23.2 Å². The Hall–Kier alpha value is -1.94. The van der Waals surface area contributed by atoms with Crippen LogP contribution in [0.2, 0.25) is 5.02 Å². The Labute approximate surface area is 130 Å². The second-order valence-electron chi connectivity index (χ2n) is 4.68. The molecule has 0 atom stereocenters. The molecule has 2 rings (SSSR count). The highest BCUT2D eigenvalue weighted by atomic mass is 35.5. The molecule has 4 nitrogen and oxygen atoms in total. The van der Waals surface area contributed by atoms with Crippen molar-refractivity contribution in [1.29, 1.82) is 0 Å². The molecule has 2 aromatic rings. The van der Waals surface area contributed by atoms with Gasteiger partial charge in [-0.15, -0.1) is 0 Å². The summed E-state index contributed by atoms with van der Waals surface area (Å²) in [6.45, 7) is 6.59. The fourth-order valence-electron chi connectivity index (χ4n) is 2.13. The van der Waals surface area contributed by atoms with Crippen molar-refractivity contribution in [2.45, 2.75) is 20.4 Å². The summed E-state index contributed by atoms with van der Waals surface area (Å²) < 4.78 is 0. The number of hydrogen-bond acceptors (Lipinski definition) is 4. The predicted molar refractivity (Wildman–Crippen MR) is 88.2 cm³/mol. The van der Waals surface area contributed by atoms with Crippen LogP contribution in [0.4, 0.5) is 11.5 Å². The summed E-state index contributed by atoms with van der Waals surface area (Å²) in [5.41, 5.74) is 1.67. The first kappa shape index (κ1) is 15.4. The topological polar surface area (TPSA) is 48.4 Å². The summed E-state index contributed by atoms with van der Waals surface area (Å²) in [6.07, 6.45) is 1.80. The largest absolute Gasteiger partial charge is 0.506 e. The predicted octanol–water partition coefficient (Wildman–Crippen LogP) is 3.90. The van der Waals surface area contributed by atoms with Gasteiger partial charge in [-0.1, -0.05) is 23.7 Å². The number of para-hydroxylation sites is 1. The van der Waals surface area contributed by atoms with Crippen molar-refractivity contribution < 1.29 is 5.11 Å². The van der Waals surface area contributed by atoms with Crippen molar-refractivity contribution >= 4 is 23.1 Å². The second kappa shape index (κ2) is 7.18. The van der Waals surface area contributed by atoms with Crippen LogP contribution in [0.1, 0.15) is 19.4 Å². The molecule has 2 N–H and O–H groups in total. The van der Waals surface area contributed by atoms with E-state index in [-0.39, 0.29) is 5.75 Å². The molecule has 0 bridgehead atoms. The lowest BCUT2D eigenvalue weighted by Crippen LogP contribution is -2.22. The number of halogens is 1. The molecule has 1 aromatic carbocycles. The summed E-state index contributed by atoms with van der Waals surface area (Å²) in [6, 6.07) is 9.31. The zero-order valence-electron chi connectivity index (χ0n) is 12.3. The minimum atomic E-state index is 0.124. The van der Waals surface area contributed by atoms with Gasteiger partial charge in [0, 0.05) is 25.2 Å². The van der Waals surface area contributed by atoms with Gasteiger partial charge in [-0.25, -0.2) is 4.98 Å². The van der Waals surface area contributed by atoms with E-state index in [1.165, 1.54) is 0 Å². The molecule has 0 amide bonds. The van der Waals surface area contributed by atoms with Crippen LogP contribution < -0.4 is 10.2 Å². The van der Waals surface area contributed by atoms with Gasteiger partial charge in [-0.05, 0) is 32.0 Å². The molecular weight excluding hydrogens is 286 g/mol. The van der Waals surface area contributed by atoms with E-state index < -0.39 is 0 Å². The number of aromatic nitrogens is 1. The number of pyridine rings is 1. The molecule has 112 valence electrons. The minimum Gasteiger partial charge on any atom is -0.506 e. The van der Waals surface area contributed by atoms with Crippen molar-refractivity contribution in [2.75, 3.05) is 23.3 Å². The summed E-state index contributed by atoms with van der Waals surface area (Å²) in [5.74, 6) is 1.09. The Kier molecular flexibility index (Phi) is 5.28. The summed E-state index contributed by atoms with van der Waals surface area (Å²) in [7, 11) is 0. The van der Waals surface area contributed by atoms with Gasteiger partial charge < -0.3 is 15.3 Å². The van der Waals surface area contributed by atoms with Crippen LogP contribution in [0.3, 0.4) is 0 Å². The average Bonchev–Trinajstić information content (AvgIpc) is 2.51. The molecule has 0 unspecified atom stereocenters. The van der Waals surface area contributed by atoms with Crippen LogP contribution in [0.15, 0.2) is 36.5 Å². The van der Waals surface area contributed by atoms with Crippen LogP contribution in [0, 0.1) is 0 Å². The van der Waals surface area contributed by atoms with Gasteiger partial charge in [0.05, 0.1) is 16.9 Å². The number of anilines is 2. The van der Waals surface area contributed by atoms with E-state index >= 15 is 0 Å². The van der Waals surface area contributed by atoms with Gasteiger partial charge in [0.1, 0.15) is 11.6 Å². The summed E-state index contributed by atoms with van der Waals surface area (Å²) in [5, 5.41) is 13.5. The summed E-state index contributed by atoms with van der Waals surface area (Å²) in [4.78, 5) is 6.63. The molecule has 0 saturated heterocycles. The third-order valence-corrected chi connectivity index (χ3v) is 3.69. The Morgan fingerprint density at radius 3 is 2.57 bits per heavy atom. The molecule has 0 fully saturated rings. The highest BCUT2D eigenvalue weighted by molar-refractivity contribution is 6.32. The lowest BCUT2D eigenvalue weighted by Gasteiger charge is -2.19.